The molecule has 104 heavy (non-hydrogen) atoms. The monoisotopic (exact) mass is 1520 g/mol. The molecule has 0 amide bonds. The summed E-state index contributed by atoms with van der Waals surface area (Å²) >= 11 is 0. The molecule has 0 bridgehead atoms. The molecule has 0 fully saturated rings. The van der Waals surface area contributed by atoms with Crippen LogP contribution in [0.2, 0.25) is 0 Å². The number of aliphatic hydroxyl groups excluding tert-OH is 1. The second-order valence-electron chi connectivity index (χ2n) is 31.3. The zero-order valence-corrected chi connectivity index (χ0v) is 70.1. The molecule has 0 aliphatic rings. The minimum atomic E-state index is -4.97. The Morgan fingerprint density at radius 1 is 0.279 bits per heavy atom. The Hall–Kier alpha value is -1.94. The van der Waals surface area contributed by atoms with Crippen LogP contribution in [0.25, 0.3) is 0 Å². The summed E-state index contributed by atoms with van der Waals surface area (Å²) in [5.74, 6) is -0.538. The predicted molar refractivity (Wildman–Crippen MR) is 428 cm³/mol. The standard InChI is InChI=1S/C85H166O17P2/c1-7-10-12-14-16-18-20-22-24-26-27-29-31-35-39-43-51-57-63-69-84(89)101-80(73-95-82(87)67-61-55-49-42-38-34-30-28-25-23-21-19-17-15-13-11-8-2)75-99-103(91,92)97-71-79(86)72-98-104(93,94)100-76-81(74-96-83(88)68-62-56-50-46-45-48-54-60-66-78(6)9-3)102-85(90)70-64-58-52-44-40-36-32-33-37-41-47-53-59-65-77(4)5/h77-81,86H,7-76H2,1-6H3,(H,91,92)(H,93,94)/t78?,79-,80-,81-/m1/s1. The highest BCUT2D eigenvalue weighted by Crippen LogP contribution is 2.45. The van der Waals surface area contributed by atoms with Gasteiger partial charge in [-0.2, -0.15) is 0 Å². The number of unbranched alkanes of at least 4 members (excludes halogenated alkanes) is 53. The lowest BCUT2D eigenvalue weighted by Crippen LogP contribution is -2.30. The number of esters is 4. The molecule has 0 aliphatic heterocycles. The highest BCUT2D eigenvalue weighted by atomic mass is 31.2. The van der Waals surface area contributed by atoms with Gasteiger partial charge in [-0.25, -0.2) is 9.13 Å². The summed E-state index contributed by atoms with van der Waals surface area (Å²) < 4.78 is 68.9. The Labute approximate surface area is 638 Å². The van der Waals surface area contributed by atoms with Crippen molar-refractivity contribution in [3.63, 3.8) is 0 Å². The Bertz CT molecular complexity index is 2000. The number of ether oxygens (including phenoxy) is 4. The van der Waals surface area contributed by atoms with Gasteiger partial charge in [0.15, 0.2) is 12.2 Å². The Kier molecular flexibility index (Phi) is 75.0. The van der Waals surface area contributed by atoms with Crippen molar-refractivity contribution >= 4 is 39.5 Å². The number of carbonyl (C=O) groups is 4. The fraction of sp³-hybridized carbons (Fsp3) is 0.953. The summed E-state index contributed by atoms with van der Waals surface area (Å²) in [5, 5.41) is 10.7. The predicted octanol–water partition coefficient (Wildman–Crippen LogP) is 25.8. The number of hydrogen-bond donors (Lipinski definition) is 3. The van der Waals surface area contributed by atoms with Crippen molar-refractivity contribution in [2.24, 2.45) is 11.8 Å². The molecule has 19 heteroatoms. The summed E-state index contributed by atoms with van der Waals surface area (Å²) in [4.78, 5) is 73.2. The summed E-state index contributed by atoms with van der Waals surface area (Å²) in [6, 6.07) is 0. The van der Waals surface area contributed by atoms with Gasteiger partial charge >= 0.3 is 39.5 Å². The Balaban J connectivity index is 5.26. The van der Waals surface area contributed by atoms with E-state index in [0.717, 1.165) is 102 Å². The van der Waals surface area contributed by atoms with Gasteiger partial charge in [-0.15, -0.1) is 0 Å². The molecular weight excluding hydrogens is 1350 g/mol. The van der Waals surface area contributed by atoms with Gasteiger partial charge in [0.05, 0.1) is 26.4 Å². The van der Waals surface area contributed by atoms with Gasteiger partial charge < -0.3 is 33.8 Å². The molecule has 0 aromatic heterocycles. The molecule has 6 atom stereocenters. The molecule has 0 spiro atoms. The molecular formula is C85H166O17P2. The van der Waals surface area contributed by atoms with Gasteiger partial charge in [-0.1, -0.05) is 401 Å². The Morgan fingerprint density at radius 3 is 0.731 bits per heavy atom. The first-order chi connectivity index (χ1) is 50.4. The molecule has 0 aromatic rings. The summed E-state index contributed by atoms with van der Waals surface area (Å²) in [7, 11) is -9.93. The smallest absolute Gasteiger partial charge is 0.462 e. The number of hydrogen-bond acceptors (Lipinski definition) is 15. The van der Waals surface area contributed by atoms with E-state index >= 15 is 0 Å². The summed E-state index contributed by atoms with van der Waals surface area (Å²) in [6.07, 6.45) is 67.9. The maximum absolute atomic E-state index is 13.1. The minimum absolute atomic E-state index is 0.107. The van der Waals surface area contributed by atoms with Crippen LogP contribution in [0.1, 0.15) is 452 Å². The van der Waals surface area contributed by atoms with Crippen molar-refractivity contribution in [1.29, 1.82) is 0 Å². The van der Waals surface area contributed by atoms with Crippen LogP contribution < -0.4 is 0 Å². The van der Waals surface area contributed by atoms with Crippen LogP contribution in [-0.2, 0) is 65.4 Å². The fourth-order valence-electron chi connectivity index (χ4n) is 13.2. The lowest BCUT2D eigenvalue weighted by Gasteiger charge is -2.21. The molecule has 618 valence electrons. The number of carbonyl (C=O) groups excluding carboxylic acids is 4. The van der Waals surface area contributed by atoms with E-state index in [-0.39, 0.29) is 25.7 Å². The van der Waals surface area contributed by atoms with E-state index in [4.69, 9.17) is 37.0 Å². The number of rotatable bonds is 84. The molecule has 0 saturated heterocycles. The SMILES string of the molecule is CCCCCCCCCCCCCCCCCCCCCC(=O)O[C@H](COC(=O)CCCCCCCCCCCCCCCCCCC)COP(=O)(O)OC[C@@H](O)COP(=O)(O)OC[C@@H](COC(=O)CCCCCCCCCCC(C)CC)OC(=O)CCCCCCCCCCCCCCCC(C)C. The van der Waals surface area contributed by atoms with E-state index in [1.165, 1.54) is 270 Å². The average Bonchev–Trinajstić information content (AvgIpc) is 0.932. The molecule has 17 nitrogen and oxygen atoms in total. The van der Waals surface area contributed by atoms with Crippen molar-refractivity contribution in [3.8, 4) is 0 Å². The van der Waals surface area contributed by atoms with Crippen molar-refractivity contribution in [3.05, 3.63) is 0 Å². The van der Waals surface area contributed by atoms with Crippen LogP contribution in [0.15, 0.2) is 0 Å². The fourth-order valence-corrected chi connectivity index (χ4v) is 14.8. The number of aliphatic hydroxyl groups is 1. The molecule has 0 radical (unpaired) electrons. The first-order valence-corrected chi connectivity index (χ1v) is 47.0. The molecule has 0 aliphatic carbocycles. The van der Waals surface area contributed by atoms with Gasteiger partial charge in [0.1, 0.15) is 19.3 Å². The molecule has 0 heterocycles. The van der Waals surface area contributed by atoms with Crippen molar-refractivity contribution in [2.75, 3.05) is 39.6 Å². The molecule has 0 saturated carbocycles. The molecule has 3 N–H and O–H groups in total. The zero-order valence-electron chi connectivity index (χ0n) is 68.3. The highest BCUT2D eigenvalue weighted by molar-refractivity contribution is 7.47. The number of phosphoric ester groups is 2. The van der Waals surface area contributed by atoms with Crippen molar-refractivity contribution in [1.82, 2.24) is 0 Å². The zero-order chi connectivity index (χ0) is 76.4. The summed E-state index contributed by atoms with van der Waals surface area (Å²) in [5.41, 5.74) is 0. The van der Waals surface area contributed by atoms with E-state index in [2.05, 4.69) is 41.5 Å². The normalized spacial score (nSPS) is 14.1. The van der Waals surface area contributed by atoms with Gasteiger partial charge in [-0.3, -0.25) is 37.3 Å². The molecule has 3 unspecified atom stereocenters. The lowest BCUT2D eigenvalue weighted by atomic mass is 9.99. The van der Waals surface area contributed by atoms with E-state index in [1.807, 2.05) is 0 Å². The Morgan fingerprint density at radius 2 is 0.490 bits per heavy atom. The third-order valence-electron chi connectivity index (χ3n) is 20.3. The third kappa shape index (κ3) is 76.8. The minimum Gasteiger partial charge on any atom is -0.462 e. The maximum Gasteiger partial charge on any atom is 0.472 e. The van der Waals surface area contributed by atoms with Crippen LogP contribution in [0.3, 0.4) is 0 Å². The second-order valence-corrected chi connectivity index (χ2v) is 34.2. The second kappa shape index (κ2) is 76.4. The van der Waals surface area contributed by atoms with Gasteiger partial charge in [0, 0.05) is 25.7 Å². The van der Waals surface area contributed by atoms with Gasteiger partial charge in [0.2, 0.25) is 0 Å². The van der Waals surface area contributed by atoms with Crippen LogP contribution in [-0.4, -0.2) is 96.7 Å². The van der Waals surface area contributed by atoms with Crippen LogP contribution in [0.4, 0.5) is 0 Å². The van der Waals surface area contributed by atoms with Crippen LogP contribution >= 0.6 is 15.6 Å². The van der Waals surface area contributed by atoms with Crippen molar-refractivity contribution < 1.29 is 80.2 Å². The van der Waals surface area contributed by atoms with Crippen LogP contribution in [0, 0.1) is 11.8 Å². The average molecular weight is 1520 g/mol. The lowest BCUT2D eigenvalue weighted by molar-refractivity contribution is -0.161. The summed E-state index contributed by atoms with van der Waals surface area (Å²) in [6.45, 7) is 9.69. The topological polar surface area (TPSA) is 237 Å². The first kappa shape index (κ1) is 102. The van der Waals surface area contributed by atoms with Crippen molar-refractivity contribution in [2.45, 2.75) is 471 Å². The van der Waals surface area contributed by atoms with E-state index in [9.17, 15) is 43.2 Å². The maximum atomic E-state index is 13.1. The van der Waals surface area contributed by atoms with Gasteiger partial charge in [0.25, 0.3) is 0 Å². The quantitative estimate of drug-likeness (QED) is 0.0222. The third-order valence-corrected chi connectivity index (χ3v) is 22.2. The van der Waals surface area contributed by atoms with E-state index in [1.54, 1.807) is 0 Å². The van der Waals surface area contributed by atoms with Gasteiger partial charge in [-0.05, 0) is 37.5 Å². The number of phosphoric acid groups is 2. The van der Waals surface area contributed by atoms with E-state index in [0.29, 0.717) is 25.7 Å². The highest BCUT2D eigenvalue weighted by Gasteiger charge is 2.30. The van der Waals surface area contributed by atoms with E-state index < -0.39 is 97.5 Å². The van der Waals surface area contributed by atoms with Crippen LogP contribution in [0.5, 0.6) is 0 Å². The molecule has 0 rings (SSSR count). The largest absolute Gasteiger partial charge is 0.472 e. The first-order valence-electron chi connectivity index (χ1n) is 44.0. The molecule has 0 aromatic carbocycles.